The Kier molecular flexibility index (Phi) is 5.80. The van der Waals surface area contributed by atoms with Gasteiger partial charge < -0.3 is 9.88 Å². The number of nitrogens with one attached hydrogen (secondary N) is 2. The van der Waals surface area contributed by atoms with E-state index in [1.807, 2.05) is 5.43 Å². The minimum Gasteiger partial charge on any atom is -0.328 e. The molecule has 0 aromatic carbocycles. The summed E-state index contributed by atoms with van der Waals surface area (Å²) in [5, 5.41) is 5.84. The first-order chi connectivity index (χ1) is 11.3. The van der Waals surface area contributed by atoms with Crippen molar-refractivity contribution < 1.29 is 18.0 Å². The van der Waals surface area contributed by atoms with Gasteiger partial charge in [-0.2, -0.15) is 18.3 Å². The Balaban J connectivity index is 2.07. The van der Waals surface area contributed by atoms with Crippen LogP contribution in [0.3, 0.4) is 0 Å². The number of carbonyl (C=O) groups is 1. The summed E-state index contributed by atoms with van der Waals surface area (Å²) in [6, 6.07) is 7.42. The van der Waals surface area contributed by atoms with Crippen LogP contribution in [0.4, 0.5) is 18.0 Å². The van der Waals surface area contributed by atoms with Crippen LogP contribution >= 0.6 is 11.6 Å². The van der Waals surface area contributed by atoms with Gasteiger partial charge in [0.1, 0.15) is 11.7 Å². The maximum Gasteiger partial charge on any atom is 0.405 e. The van der Waals surface area contributed by atoms with E-state index in [9.17, 15) is 18.0 Å². The van der Waals surface area contributed by atoms with E-state index in [4.69, 9.17) is 11.6 Å². The number of halogens is 4. The monoisotopic (exact) mass is 359 g/mol. The highest BCUT2D eigenvalue weighted by atomic mass is 35.5. The standard InChI is InChI=1S/C14H13ClF3N5O/c15-11-5-4-10(7-19-11)8-23-6-2-1-3-12(23)21-22-13(24)20-9-14(16,17)18/h1-7H,8-9H2,(H2,20,22,24)/b21-12+. The second-order valence-corrected chi connectivity index (χ2v) is 5.08. The van der Waals surface area contributed by atoms with E-state index in [0.717, 1.165) is 5.56 Å². The second kappa shape index (κ2) is 7.82. The van der Waals surface area contributed by atoms with Crippen molar-refractivity contribution in [3.63, 3.8) is 0 Å². The molecule has 0 saturated carbocycles. The number of urea groups is 1. The topological polar surface area (TPSA) is 71.3 Å². The Bertz CT molecular complexity index is 758. The first kappa shape index (κ1) is 17.8. The van der Waals surface area contributed by atoms with E-state index in [1.165, 1.54) is 0 Å². The predicted octanol–water partition coefficient (Wildman–Crippen LogP) is 2.26. The van der Waals surface area contributed by atoms with Gasteiger partial charge in [0.15, 0.2) is 5.49 Å². The lowest BCUT2D eigenvalue weighted by atomic mass is 10.3. The highest BCUT2D eigenvalue weighted by molar-refractivity contribution is 6.29. The van der Waals surface area contributed by atoms with Gasteiger partial charge in [-0.05, 0) is 23.8 Å². The van der Waals surface area contributed by atoms with Crippen LogP contribution in [0.5, 0.6) is 0 Å². The molecule has 2 aromatic rings. The Hall–Kier alpha value is -2.55. The van der Waals surface area contributed by atoms with Crippen LogP contribution in [-0.2, 0) is 6.54 Å². The van der Waals surface area contributed by atoms with Crippen molar-refractivity contribution >= 4 is 17.6 Å². The maximum absolute atomic E-state index is 12.0. The van der Waals surface area contributed by atoms with Crippen LogP contribution in [0, 0.1) is 0 Å². The summed E-state index contributed by atoms with van der Waals surface area (Å²) in [7, 11) is 0. The van der Waals surface area contributed by atoms with Crippen molar-refractivity contribution in [1.29, 1.82) is 0 Å². The van der Waals surface area contributed by atoms with E-state index in [-0.39, 0.29) is 0 Å². The summed E-state index contributed by atoms with van der Waals surface area (Å²) in [6.07, 6.45) is -1.18. The highest BCUT2D eigenvalue weighted by Gasteiger charge is 2.27. The molecule has 2 heterocycles. The average Bonchev–Trinajstić information content (AvgIpc) is 2.53. The minimum absolute atomic E-state index is 0.356. The summed E-state index contributed by atoms with van der Waals surface area (Å²) in [5.74, 6) is 0. The molecule has 0 saturated heterocycles. The first-order valence-corrected chi connectivity index (χ1v) is 7.11. The number of hydrogen-bond donors (Lipinski definition) is 2. The molecule has 0 bridgehead atoms. The van der Waals surface area contributed by atoms with Crippen molar-refractivity contribution in [3.05, 3.63) is 58.9 Å². The fourth-order valence-electron chi connectivity index (χ4n) is 1.73. The molecule has 0 aliphatic rings. The van der Waals surface area contributed by atoms with Crippen molar-refractivity contribution in [2.75, 3.05) is 6.54 Å². The molecule has 0 aliphatic carbocycles. The number of nitrogens with zero attached hydrogens (tertiary/aromatic N) is 3. The van der Waals surface area contributed by atoms with Crippen LogP contribution in [0.1, 0.15) is 5.56 Å². The van der Waals surface area contributed by atoms with Crippen LogP contribution in [-0.4, -0.2) is 28.3 Å². The van der Waals surface area contributed by atoms with Crippen LogP contribution in [0.2, 0.25) is 5.15 Å². The Labute approximate surface area is 140 Å². The SMILES string of the molecule is O=C(NCC(F)(F)F)N/N=c1\ccccn1Cc1ccc(Cl)nc1. The zero-order chi connectivity index (χ0) is 17.6. The molecule has 2 amide bonds. The summed E-state index contributed by atoms with van der Waals surface area (Å²) in [5.41, 5.74) is 3.22. The lowest BCUT2D eigenvalue weighted by Gasteiger charge is -2.09. The van der Waals surface area contributed by atoms with Gasteiger partial charge in [-0.15, -0.1) is 0 Å². The lowest BCUT2D eigenvalue weighted by molar-refractivity contribution is -0.122. The van der Waals surface area contributed by atoms with Gasteiger partial charge in [-0.3, -0.25) is 0 Å². The molecule has 2 aromatic heterocycles. The fourth-order valence-corrected chi connectivity index (χ4v) is 1.84. The third-order valence-electron chi connectivity index (χ3n) is 2.78. The molecule has 6 nitrogen and oxygen atoms in total. The summed E-state index contributed by atoms with van der Waals surface area (Å²) in [4.78, 5) is 15.3. The molecule has 0 fully saturated rings. The fraction of sp³-hybridized carbons (Fsp3) is 0.214. The van der Waals surface area contributed by atoms with Crippen LogP contribution < -0.4 is 16.2 Å². The average molecular weight is 360 g/mol. The third kappa shape index (κ3) is 5.92. The minimum atomic E-state index is -4.48. The lowest BCUT2D eigenvalue weighted by Crippen LogP contribution is -2.40. The molecule has 128 valence electrons. The van der Waals surface area contributed by atoms with Gasteiger partial charge in [0, 0.05) is 12.4 Å². The molecular weight excluding hydrogens is 347 g/mol. The number of carbonyl (C=O) groups excluding carboxylic acids is 1. The van der Waals surface area contributed by atoms with Crippen molar-refractivity contribution in [3.8, 4) is 0 Å². The first-order valence-electron chi connectivity index (χ1n) is 6.74. The number of alkyl halides is 3. The summed E-state index contributed by atoms with van der Waals surface area (Å²) >= 11 is 5.72. The predicted molar refractivity (Wildman–Crippen MR) is 80.9 cm³/mol. The number of amides is 2. The zero-order valence-corrected chi connectivity index (χ0v) is 13.0. The molecule has 10 heteroatoms. The van der Waals surface area contributed by atoms with Gasteiger partial charge in [0.25, 0.3) is 0 Å². The van der Waals surface area contributed by atoms with Crippen molar-refractivity contribution in [2.24, 2.45) is 5.10 Å². The Morgan fingerprint density at radius 3 is 2.75 bits per heavy atom. The molecule has 0 aliphatic heterocycles. The molecule has 0 radical (unpaired) electrons. The molecule has 2 rings (SSSR count). The van der Waals surface area contributed by atoms with Crippen molar-refractivity contribution in [2.45, 2.75) is 12.7 Å². The molecular formula is C14H13ClF3N5O. The number of hydrogen-bond acceptors (Lipinski definition) is 3. The summed E-state index contributed by atoms with van der Waals surface area (Å²) < 4.78 is 37.8. The smallest absolute Gasteiger partial charge is 0.328 e. The Morgan fingerprint density at radius 2 is 2.08 bits per heavy atom. The van der Waals surface area contributed by atoms with E-state index >= 15 is 0 Å². The number of rotatable bonds is 4. The normalized spacial score (nSPS) is 12.1. The van der Waals surface area contributed by atoms with Gasteiger partial charge in [0.05, 0.1) is 6.54 Å². The highest BCUT2D eigenvalue weighted by Crippen LogP contribution is 2.11. The van der Waals surface area contributed by atoms with E-state index in [2.05, 4.69) is 10.1 Å². The van der Waals surface area contributed by atoms with E-state index < -0.39 is 18.8 Å². The Morgan fingerprint density at radius 1 is 1.29 bits per heavy atom. The van der Waals surface area contributed by atoms with Gasteiger partial charge in [-0.25, -0.2) is 15.2 Å². The maximum atomic E-state index is 12.0. The van der Waals surface area contributed by atoms with Crippen molar-refractivity contribution in [1.82, 2.24) is 20.3 Å². The zero-order valence-electron chi connectivity index (χ0n) is 12.2. The number of pyridine rings is 2. The largest absolute Gasteiger partial charge is 0.405 e. The van der Waals surface area contributed by atoms with Crippen LogP contribution in [0.25, 0.3) is 0 Å². The quantitative estimate of drug-likeness (QED) is 0.649. The van der Waals surface area contributed by atoms with Gasteiger partial charge >= 0.3 is 12.2 Å². The molecule has 0 spiro atoms. The molecule has 0 atom stereocenters. The molecule has 0 unspecified atom stereocenters. The third-order valence-corrected chi connectivity index (χ3v) is 3.00. The van der Waals surface area contributed by atoms with E-state index in [1.54, 1.807) is 52.6 Å². The number of aromatic nitrogens is 2. The van der Waals surface area contributed by atoms with Crippen LogP contribution in [0.15, 0.2) is 47.8 Å². The molecule has 24 heavy (non-hydrogen) atoms. The summed E-state index contributed by atoms with van der Waals surface area (Å²) in [6.45, 7) is -1.03. The molecule has 2 N–H and O–H groups in total. The van der Waals surface area contributed by atoms with Gasteiger partial charge in [0.2, 0.25) is 0 Å². The second-order valence-electron chi connectivity index (χ2n) is 4.70. The van der Waals surface area contributed by atoms with E-state index in [0.29, 0.717) is 17.2 Å². The van der Waals surface area contributed by atoms with Gasteiger partial charge in [-0.1, -0.05) is 23.7 Å².